The van der Waals surface area contributed by atoms with Crippen LogP contribution in [0.5, 0.6) is 0 Å². The van der Waals surface area contributed by atoms with Crippen molar-refractivity contribution in [1.82, 2.24) is 0 Å². The van der Waals surface area contributed by atoms with Gasteiger partial charge in [0, 0.05) is 11.6 Å². The molecule has 0 atom stereocenters. The molecule has 0 radical (unpaired) electrons. The number of benzene rings is 2. The van der Waals surface area contributed by atoms with E-state index >= 15 is 0 Å². The van der Waals surface area contributed by atoms with Crippen LogP contribution < -0.4 is 4.57 Å². The molecule has 0 aliphatic rings. The largest absolute Gasteiger partial charge is 0.479 e. The Bertz CT molecular complexity index is 890. The number of aromatic nitrogens is 1. The first-order valence-corrected chi connectivity index (χ1v) is 7.49. The number of fused-ring (bicyclic) bond motifs is 1. The smallest absolute Gasteiger partial charge is 0.404 e. The molecule has 0 bridgehead atoms. The van der Waals surface area contributed by atoms with Gasteiger partial charge in [0.25, 0.3) is 5.69 Å². The molecule has 0 fully saturated rings. The van der Waals surface area contributed by atoms with Gasteiger partial charge in [-0.25, -0.2) is 9.59 Å². The second-order valence-electron chi connectivity index (χ2n) is 5.33. The topological polar surface area (TPSA) is 67.5 Å². The van der Waals surface area contributed by atoms with Crippen LogP contribution in [-0.4, -0.2) is 23.7 Å². The van der Waals surface area contributed by atoms with Crippen LogP contribution in [-0.2, 0) is 16.1 Å². The fourth-order valence-electron chi connectivity index (χ4n) is 2.59. The number of nitrogens with zero attached hydrogens (tertiary/aromatic N) is 1. The maximum Gasteiger partial charge on any atom is 0.404 e. The van der Waals surface area contributed by atoms with Gasteiger partial charge in [0.1, 0.15) is 0 Å². The van der Waals surface area contributed by atoms with E-state index in [0.29, 0.717) is 12.2 Å². The minimum atomic E-state index is -1.18. The Hall–Kier alpha value is -3.21. The number of esters is 1. The van der Waals surface area contributed by atoms with E-state index in [9.17, 15) is 9.59 Å². The molecule has 1 heterocycles. The molecular formula is C19H16NO4+. The molecule has 5 nitrogen and oxygen atoms in total. The number of carboxylic acids is 1. The van der Waals surface area contributed by atoms with Crippen molar-refractivity contribution in [2.45, 2.75) is 6.54 Å². The zero-order valence-electron chi connectivity index (χ0n) is 12.9. The number of hydrogen-bond donors (Lipinski definition) is 1. The average molecular weight is 322 g/mol. The second-order valence-corrected chi connectivity index (χ2v) is 5.33. The highest BCUT2D eigenvalue weighted by Gasteiger charge is 2.25. The van der Waals surface area contributed by atoms with Gasteiger partial charge < -0.3 is 9.84 Å². The van der Waals surface area contributed by atoms with E-state index in [0.717, 1.165) is 16.3 Å². The van der Waals surface area contributed by atoms with Crippen molar-refractivity contribution in [2.75, 3.05) is 6.61 Å². The lowest BCUT2D eigenvalue weighted by molar-refractivity contribution is -0.689. The number of carbonyl (C=O) groups is 2. The van der Waals surface area contributed by atoms with Crippen LogP contribution >= 0.6 is 0 Å². The first-order valence-electron chi connectivity index (χ1n) is 7.49. The Kier molecular flexibility index (Phi) is 4.52. The van der Waals surface area contributed by atoms with Crippen molar-refractivity contribution in [3.8, 4) is 0 Å². The minimum Gasteiger partial charge on any atom is -0.479 e. The highest BCUT2D eigenvalue weighted by atomic mass is 16.5. The van der Waals surface area contributed by atoms with Gasteiger partial charge in [0.15, 0.2) is 19.3 Å². The third-order valence-electron chi connectivity index (χ3n) is 3.65. The Labute approximate surface area is 138 Å². The van der Waals surface area contributed by atoms with Crippen LogP contribution in [0.3, 0.4) is 0 Å². The van der Waals surface area contributed by atoms with Gasteiger partial charge in [-0.05, 0) is 11.5 Å². The number of rotatable bonds is 5. The molecular weight excluding hydrogens is 306 g/mol. The van der Waals surface area contributed by atoms with E-state index in [-0.39, 0.29) is 0 Å². The third kappa shape index (κ3) is 3.41. The van der Waals surface area contributed by atoms with Gasteiger partial charge in [-0.1, -0.05) is 48.5 Å². The Morgan fingerprint density at radius 3 is 2.42 bits per heavy atom. The molecule has 0 aliphatic carbocycles. The lowest BCUT2D eigenvalue weighted by Gasteiger charge is -2.07. The lowest BCUT2D eigenvalue weighted by Crippen LogP contribution is -2.41. The zero-order chi connectivity index (χ0) is 16.9. The van der Waals surface area contributed by atoms with Crippen LogP contribution in [0.25, 0.3) is 10.8 Å². The normalized spacial score (nSPS) is 10.5. The number of aliphatic carboxylic acids is 1. The van der Waals surface area contributed by atoms with Gasteiger partial charge >= 0.3 is 11.9 Å². The summed E-state index contributed by atoms with van der Waals surface area (Å²) in [5.41, 5.74) is 1.38. The molecule has 0 amide bonds. The molecule has 3 rings (SSSR count). The molecule has 1 N–H and O–H groups in total. The Balaban J connectivity index is 2.05. The lowest BCUT2D eigenvalue weighted by atomic mass is 10.1. The standard InChI is InChI=1S/C19H15NO4/c21-17(22)13-24-19(23)18-16-9-5-4-8-15(16)10-11-20(18)12-14-6-2-1-3-7-14/h1-11H,12-13H2/p+1. The molecule has 0 saturated carbocycles. The van der Waals surface area contributed by atoms with E-state index in [1.165, 1.54) is 0 Å². The van der Waals surface area contributed by atoms with Crippen molar-refractivity contribution in [3.63, 3.8) is 0 Å². The van der Waals surface area contributed by atoms with Crippen LogP contribution in [0, 0.1) is 0 Å². The fraction of sp³-hybridized carbons (Fsp3) is 0.105. The van der Waals surface area contributed by atoms with Gasteiger partial charge in [-0.2, -0.15) is 4.57 Å². The quantitative estimate of drug-likeness (QED) is 0.579. The van der Waals surface area contributed by atoms with Gasteiger partial charge in [0.05, 0.1) is 5.39 Å². The van der Waals surface area contributed by atoms with Crippen LogP contribution in [0.15, 0.2) is 66.9 Å². The molecule has 0 aliphatic heterocycles. The van der Waals surface area contributed by atoms with Crippen molar-refractivity contribution in [3.05, 3.63) is 78.1 Å². The summed E-state index contributed by atoms with van der Waals surface area (Å²) in [7, 11) is 0. The van der Waals surface area contributed by atoms with E-state index in [1.54, 1.807) is 4.57 Å². The van der Waals surface area contributed by atoms with E-state index < -0.39 is 18.5 Å². The van der Waals surface area contributed by atoms with Crippen LogP contribution in [0.4, 0.5) is 0 Å². The van der Waals surface area contributed by atoms with Crippen molar-refractivity contribution < 1.29 is 24.0 Å². The first kappa shape index (κ1) is 15.7. The predicted molar refractivity (Wildman–Crippen MR) is 87.6 cm³/mol. The molecule has 1 aromatic heterocycles. The highest BCUT2D eigenvalue weighted by molar-refractivity contribution is 6.01. The average Bonchev–Trinajstić information content (AvgIpc) is 2.60. The zero-order valence-corrected chi connectivity index (χ0v) is 12.9. The van der Waals surface area contributed by atoms with E-state index in [4.69, 9.17) is 9.84 Å². The predicted octanol–water partition coefficient (Wildman–Crippen LogP) is 2.42. The number of hydrogen-bond acceptors (Lipinski definition) is 3. The summed E-state index contributed by atoms with van der Waals surface area (Å²) in [6.45, 7) is -0.170. The molecule has 0 unspecified atom stereocenters. The molecule has 5 heteroatoms. The minimum absolute atomic E-state index is 0.346. The SMILES string of the molecule is O=C(O)COC(=O)c1c2ccccc2cc[n+]1Cc1ccccc1. The summed E-state index contributed by atoms with van der Waals surface area (Å²) in [5.74, 6) is -1.83. The van der Waals surface area contributed by atoms with Crippen LogP contribution in [0.2, 0.25) is 0 Å². The van der Waals surface area contributed by atoms with Crippen molar-refractivity contribution in [1.29, 1.82) is 0 Å². The van der Waals surface area contributed by atoms with Crippen molar-refractivity contribution >= 4 is 22.7 Å². The van der Waals surface area contributed by atoms with Crippen LogP contribution in [0.1, 0.15) is 16.1 Å². The summed E-state index contributed by atoms with van der Waals surface area (Å²) in [4.78, 5) is 23.2. The molecule has 2 aromatic carbocycles. The number of carbonyl (C=O) groups excluding carboxylic acids is 1. The second kappa shape index (κ2) is 6.91. The maximum atomic E-state index is 12.5. The first-order chi connectivity index (χ1) is 11.6. The summed E-state index contributed by atoms with van der Waals surface area (Å²) in [6.07, 6.45) is 1.81. The summed E-state index contributed by atoms with van der Waals surface area (Å²) < 4.78 is 6.70. The monoisotopic (exact) mass is 322 g/mol. The Morgan fingerprint density at radius 2 is 1.67 bits per heavy atom. The molecule has 3 aromatic rings. The molecule has 24 heavy (non-hydrogen) atoms. The van der Waals surface area contributed by atoms with Gasteiger partial charge in [-0.3, -0.25) is 0 Å². The fourth-order valence-corrected chi connectivity index (χ4v) is 2.59. The Morgan fingerprint density at radius 1 is 0.958 bits per heavy atom. The number of ether oxygens (including phenoxy) is 1. The summed E-state index contributed by atoms with van der Waals surface area (Å²) in [6, 6.07) is 19.1. The maximum absolute atomic E-state index is 12.5. The summed E-state index contributed by atoms with van der Waals surface area (Å²) in [5, 5.41) is 10.4. The number of pyridine rings is 1. The van der Waals surface area contributed by atoms with Gasteiger partial charge in [-0.15, -0.1) is 0 Å². The highest BCUT2D eigenvalue weighted by Crippen LogP contribution is 2.16. The van der Waals surface area contributed by atoms with Gasteiger partial charge in [0.2, 0.25) is 0 Å². The van der Waals surface area contributed by atoms with Crippen molar-refractivity contribution in [2.24, 2.45) is 0 Å². The summed E-state index contributed by atoms with van der Waals surface area (Å²) >= 11 is 0. The number of carboxylic acid groups (broad SMARTS) is 1. The van der Waals surface area contributed by atoms with E-state index in [2.05, 4.69) is 0 Å². The molecule has 120 valence electrons. The van der Waals surface area contributed by atoms with E-state index in [1.807, 2.05) is 66.9 Å². The molecule has 0 spiro atoms. The molecule has 0 saturated heterocycles. The third-order valence-corrected chi connectivity index (χ3v) is 3.65.